The Hall–Kier alpha value is 5.36. The van der Waals surface area contributed by atoms with Crippen molar-refractivity contribution >= 4 is 77.0 Å². The Morgan fingerprint density at radius 2 is 1.00 bits per heavy atom. The van der Waals surface area contributed by atoms with Crippen LogP contribution in [0.15, 0.2) is 0 Å². The Morgan fingerprint density at radius 3 is 1.00 bits per heavy atom. The Bertz CT molecular complexity index is 27.2. The van der Waals surface area contributed by atoms with Crippen molar-refractivity contribution in [2.45, 2.75) is 0 Å². The maximum atomic E-state index is 2.55. The van der Waals surface area contributed by atoms with Gasteiger partial charge in [-0.3, -0.25) is 0 Å². The molecule has 0 aliphatic heterocycles. The fraction of sp³-hybridized carbons (Fsp3) is 0. The maximum absolute atomic E-state index is 2.55. The van der Waals surface area contributed by atoms with Gasteiger partial charge in [-0.1, -0.05) is 0 Å². The average molecular weight is 666 g/mol. The molecule has 0 nitrogen and oxygen atoms in total. The second-order valence-corrected chi connectivity index (χ2v) is 129. The molecule has 0 heterocycles. The molecule has 0 rings (SSSR count). The Kier molecular flexibility index (Phi) is 16.3. The van der Waals surface area contributed by atoms with Crippen molar-refractivity contribution in [2.24, 2.45) is 0 Å². The van der Waals surface area contributed by atoms with E-state index in [0.29, 0.717) is 0 Å². The topological polar surface area (TPSA) is 0 Å². The summed E-state index contributed by atoms with van der Waals surface area (Å²) >= 11 is 10.2. The quantitative estimate of drug-likeness (QED) is 0.258. The molecule has 0 saturated heterocycles. The number of rotatable bonds is 0. The van der Waals surface area contributed by atoms with Crippen molar-refractivity contribution in [3.05, 3.63) is 0 Å². The first-order valence-corrected chi connectivity index (χ1v) is 34.0. The molecule has 0 unspecified atom stereocenters. The third-order valence-corrected chi connectivity index (χ3v) is 0. The summed E-state index contributed by atoms with van der Waals surface area (Å²) in [6.45, 7) is 0. The molecule has 0 aromatic rings. The molecule has 0 saturated carbocycles. The molecule has 0 amide bonds. The van der Waals surface area contributed by atoms with Crippen LogP contribution in [0, 0.1) is 0 Å². The van der Waals surface area contributed by atoms with Crippen LogP contribution < -0.4 is 51.4 Å². The molecule has 34 valence electrons. The molecule has 0 N–H and O–H groups in total. The van der Waals surface area contributed by atoms with Crippen LogP contribution >= 0.6 is 74.5 Å². The summed E-state index contributed by atoms with van der Waals surface area (Å²) in [5.74, 6) is 0. The first kappa shape index (κ1) is 13.9. The molecule has 0 spiro atoms. The SMILES string of the molecule is [H-].[I][Sn]([I])([I])[I].[K+]. The van der Waals surface area contributed by atoms with Gasteiger partial charge in [0, 0.05) is 0 Å². The van der Waals surface area contributed by atoms with Gasteiger partial charge in [-0.15, -0.1) is 0 Å². The van der Waals surface area contributed by atoms with E-state index < -0.39 is 2.50 Å². The second kappa shape index (κ2) is 7.03. The molecule has 0 radical (unpaired) electrons. The molecule has 0 aliphatic rings. The zero-order chi connectivity index (χ0) is 4.50. The summed E-state index contributed by atoms with van der Waals surface area (Å²) in [5, 5.41) is 0. The van der Waals surface area contributed by atoms with Crippen LogP contribution in [-0.4, -0.2) is 2.50 Å². The largest absolute Gasteiger partial charge is 1.00 e. The van der Waals surface area contributed by atoms with Crippen LogP contribution in [0.25, 0.3) is 0 Å². The molecule has 0 bridgehead atoms. The van der Waals surface area contributed by atoms with Gasteiger partial charge in [0.2, 0.25) is 0 Å². The van der Waals surface area contributed by atoms with Crippen molar-refractivity contribution in [3.8, 4) is 0 Å². The Balaban J connectivity index is -0.0000000800. The maximum Gasteiger partial charge on any atom is 1.00 e. The molecule has 6 heteroatoms. The van der Waals surface area contributed by atoms with Crippen LogP contribution in [0.2, 0.25) is 0 Å². The number of halogens is 4. The molecular formula is HI4KSn. The van der Waals surface area contributed by atoms with E-state index in [4.69, 9.17) is 0 Å². The van der Waals surface area contributed by atoms with Gasteiger partial charge in [0.15, 0.2) is 0 Å². The standard InChI is InChI=1S/4HI.K.Sn.H/h4*1H;;;/q;;;;+1;+4;-1/p-4. The smallest absolute Gasteiger partial charge is 1.00 e. The van der Waals surface area contributed by atoms with Crippen molar-refractivity contribution in [2.75, 3.05) is 0 Å². The van der Waals surface area contributed by atoms with Gasteiger partial charge in [0.05, 0.1) is 0 Å². The molecule has 0 atom stereocenters. The first-order valence-electron chi connectivity index (χ1n) is 0.756. The van der Waals surface area contributed by atoms with Crippen LogP contribution in [0.4, 0.5) is 0 Å². The first-order chi connectivity index (χ1) is 2.00. The molecule has 0 fully saturated rings. The number of hydrogen-bond acceptors (Lipinski definition) is 0. The minimum absolute atomic E-state index is 0. The van der Waals surface area contributed by atoms with Crippen molar-refractivity contribution in [3.63, 3.8) is 0 Å². The Labute approximate surface area is 125 Å². The van der Waals surface area contributed by atoms with Crippen LogP contribution in [0.3, 0.4) is 0 Å². The summed E-state index contributed by atoms with van der Waals surface area (Å²) in [7, 11) is 0. The van der Waals surface area contributed by atoms with E-state index in [1.807, 2.05) is 0 Å². The van der Waals surface area contributed by atoms with Gasteiger partial charge >= 0.3 is 128 Å². The predicted molar refractivity (Wildman–Crippen MR) is 62.9 cm³/mol. The summed E-state index contributed by atoms with van der Waals surface area (Å²) < 4.78 is -1.30. The fourth-order valence-electron chi connectivity index (χ4n) is 0. The van der Waals surface area contributed by atoms with Gasteiger partial charge in [0.1, 0.15) is 0 Å². The van der Waals surface area contributed by atoms with Gasteiger partial charge in [-0.25, -0.2) is 0 Å². The second-order valence-electron chi connectivity index (χ2n) is 0.429. The summed E-state index contributed by atoms with van der Waals surface area (Å²) in [4.78, 5) is 0. The van der Waals surface area contributed by atoms with Crippen LogP contribution in [-0.2, 0) is 0 Å². The monoisotopic (exact) mass is 667 g/mol. The average Bonchev–Trinajstić information content (AvgIpc) is 0.722. The van der Waals surface area contributed by atoms with E-state index in [1.165, 1.54) is 0 Å². The molecule has 0 aliphatic carbocycles. The predicted octanol–water partition coefficient (Wildman–Crippen LogP) is 0.279. The fourth-order valence-corrected chi connectivity index (χ4v) is 0. The van der Waals surface area contributed by atoms with E-state index in [-0.39, 0.29) is 52.8 Å². The van der Waals surface area contributed by atoms with E-state index in [0.717, 1.165) is 0 Å². The third kappa shape index (κ3) is 22.8. The summed E-state index contributed by atoms with van der Waals surface area (Å²) in [6.07, 6.45) is 0. The zero-order valence-corrected chi connectivity index (χ0v) is 17.6. The summed E-state index contributed by atoms with van der Waals surface area (Å²) in [5.41, 5.74) is 0. The van der Waals surface area contributed by atoms with E-state index in [9.17, 15) is 0 Å². The van der Waals surface area contributed by atoms with E-state index in [2.05, 4.69) is 74.5 Å². The zero-order valence-electron chi connectivity index (χ0n) is 4.01. The van der Waals surface area contributed by atoms with Gasteiger partial charge < -0.3 is 1.43 Å². The van der Waals surface area contributed by atoms with E-state index >= 15 is 0 Å². The van der Waals surface area contributed by atoms with E-state index in [1.54, 1.807) is 0 Å². The van der Waals surface area contributed by atoms with Gasteiger partial charge in [-0.2, -0.15) is 0 Å². The van der Waals surface area contributed by atoms with Crippen LogP contribution in [0.5, 0.6) is 0 Å². The van der Waals surface area contributed by atoms with Gasteiger partial charge in [-0.05, 0) is 0 Å². The number of hydrogen-bond donors (Lipinski definition) is 0. The van der Waals surface area contributed by atoms with Gasteiger partial charge in [0.25, 0.3) is 0 Å². The van der Waals surface area contributed by atoms with Crippen molar-refractivity contribution in [1.29, 1.82) is 0 Å². The van der Waals surface area contributed by atoms with Crippen molar-refractivity contribution < 1.29 is 52.8 Å². The molecular weight excluding hydrogens is 665 g/mol. The van der Waals surface area contributed by atoms with Crippen molar-refractivity contribution in [1.82, 2.24) is 0 Å². The van der Waals surface area contributed by atoms with Crippen LogP contribution in [0.1, 0.15) is 1.43 Å². The normalized spacial score (nSPS) is 10.0. The minimum Gasteiger partial charge on any atom is 1.00 e. The molecule has 0 aromatic carbocycles. The Morgan fingerprint density at radius 1 is 1.00 bits per heavy atom. The molecule has 0 aromatic heterocycles. The summed E-state index contributed by atoms with van der Waals surface area (Å²) in [6, 6.07) is 0. The third-order valence-electron chi connectivity index (χ3n) is 0. The minimum atomic E-state index is -1.30. The molecule has 6 heavy (non-hydrogen) atoms.